The van der Waals surface area contributed by atoms with Crippen LogP contribution in [0.3, 0.4) is 0 Å². The zero-order valence-corrected chi connectivity index (χ0v) is 12.3. The van der Waals surface area contributed by atoms with Crippen molar-refractivity contribution < 1.29 is 4.79 Å². The van der Waals surface area contributed by atoms with E-state index in [4.69, 9.17) is 5.73 Å². The quantitative estimate of drug-likeness (QED) is 0.865. The number of rotatable bonds is 4. The molecule has 1 aliphatic rings. The van der Waals surface area contributed by atoms with Crippen LogP contribution in [0.4, 0.5) is 11.4 Å². The zero-order chi connectivity index (χ0) is 14.5. The number of hydrogen-bond acceptors (Lipinski definition) is 4. The normalized spacial score (nSPS) is 16.9. The molecule has 1 amide bonds. The number of nitrogens with two attached hydrogens (primary N) is 1. The van der Waals surface area contributed by atoms with Crippen molar-refractivity contribution in [3.8, 4) is 0 Å². The van der Waals surface area contributed by atoms with Crippen molar-refractivity contribution in [2.75, 3.05) is 43.9 Å². The first kappa shape index (κ1) is 14.8. The Bertz CT molecular complexity index is 453. The van der Waals surface area contributed by atoms with Gasteiger partial charge in [-0.15, -0.1) is 0 Å². The fourth-order valence-corrected chi connectivity index (χ4v) is 2.47. The van der Waals surface area contributed by atoms with Crippen molar-refractivity contribution in [1.29, 1.82) is 0 Å². The number of para-hydroxylation sites is 2. The lowest BCUT2D eigenvalue weighted by Gasteiger charge is -2.29. The Labute approximate surface area is 120 Å². The Hall–Kier alpha value is -1.59. The highest BCUT2D eigenvalue weighted by molar-refractivity contribution is 5.95. The number of carbonyl (C=O) groups excluding carboxylic acids is 1. The molecular formula is C15H24N4O. The number of hydrogen-bond donors (Lipinski definition) is 2. The number of amides is 1. The first-order valence-corrected chi connectivity index (χ1v) is 7.10. The van der Waals surface area contributed by atoms with Crippen molar-refractivity contribution in [2.24, 2.45) is 5.73 Å². The van der Waals surface area contributed by atoms with Crippen LogP contribution in [0.1, 0.15) is 12.8 Å². The molecule has 110 valence electrons. The summed E-state index contributed by atoms with van der Waals surface area (Å²) in [6.45, 7) is 2.25. The van der Waals surface area contributed by atoms with Crippen LogP contribution in [0.2, 0.25) is 0 Å². The summed E-state index contributed by atoms with van der Waals surface area (Å²) >= 11 is 0. The largest absolute Gasteiger partial charge is 0.376 e. The molecule has 0 unspecified atom stereocenters. The summed E-state index contributed by atoms with van der Waals surface area (Å²) in [6.07, 6.45) is 1.95. The fourth-order valence-electron chi connectivity index (χ4n) is 2.47. The van der Waals surface area contributed by atoms with E-state index in [0.717, 1.165) is 37.3 Å². The highest BCUT2D eigenvalue weighted by Gasteiger charge is 2.18. The third-order valence-corrected chi connectivity index (χ3v) is 3.66. The molecule has 1 heterocycles. The molecule has 1 saturated heterocycles. The van der Waals surface area contributed by atoms with Crippen LogP contribution in [0.5, 0.6) is 0 Å². The standard InChI is InChI=1S/C15H24N4O/c1-18(2)14-6-4-3-5-13(14)17-15(20)11-19-9-7-12(16)8-10-19/h3-6,12H,7-11,16H2,1-2H3,(H,17,20). The van der Waals surface area contributed by atoms with Crippen molar-refractivity contribution in [3.63, 3.8) is 0 Å². The van der Waals surface area contributed by atoms with Crippen molar-refractivity contribution in [3.05, 3.63) is 24.3 Å². The maximum atomic E-state index is 12.1. The van der Waals surface area contributed by atoms with Gasteiger partial charge in [-0.3, -0.25) is 9.69 Å². The van der Waals surface area contributed by atoms with E-state index in [-0.39, 0.29) is 5.91 Å². The molecule has 1 aromatic carbocycles. The molecule has 5 nitrogen and oxygen atoms in total. The van der Waals surface area contributed by atoms with Gasteiger partial charge in [0.05, 0.1) is 17.9 Å². The SMILES string of the molecule is CN(C)c1ccccc1NC(=O)CN1CCC(N)CC1. The molecule has 0 aliphatic carbocycles. The highest BCUT2D eigenvalue weighted by Crippen LogP contribution is 2.23. The van der Waals surface area contributed by atoms with Crippen LogP contribution in [0.15, 0.2) is 24.3 Å². The van der Waals surface area contributed by atoms with Crippen LogP contribution in [0, 0.1) is 0 Å². The lowest BCUT2D eigenvalue weighted by molar-refractivity contribution is -0.117. The van der Waals surface area contributed by atoms with E-state index in [1.54, 1.807) is 0 Å². The summed E-state index contributed by atoms with van der Waals surface area (Å²) in [5.74, 6) is 0.0368. The van der Waals surface area contributed by atoms with Gasteiger partial charge in [-0.25, -0.2) is 0 Å². The first-order chi connectivity index (χ1) is 9.56. The van der Waals surface area contributed by atoms with Gasteiger partial charge in [0.25, 0.3) is 0 Å². The molecule has 2 rings (SSSR count). The fraction of sp³-hybridized carbons (Fsp3) is 0.533. The number of likely N-dealkylation sites (tertiary alicyclic amines) is 1. The second-order valence-electron chi connectivity index (χ2n) is 5.57. The van der Waals surface area contributed by atoms with Crippen LogP contribution >= 0.6 is 0 Å². The van der Waals surface area contributed by atoms with Gasteiger partial charge in [-0.1, -0.05) is 12.1 Å². The van der Waals surface area contributed by atoms with E-state index in [2.05, 4.69) is 10.2 Å². The third kappa shape index (κ3) is 3.95. The predicted octanol–water partition coefficient (Wildman–Crippen LogP) is 1.11. The lowest BCUT2D eigenvalue weighted by Crippen LogP contribution is -2.43. The van der Waals surface area contributed by atoms with E-state index in [9.17, 15) is 4.79 Å². The molecule has 1 fully saturated rings. The molecule has 1 aliphatic heterocycles. The lowest BCUT2D eigenvalue weighted by atomic mass is 10.1. The zero-order valence-electron chi connectivity index (χ0n) is 12.3. The van der Waals surface area contributed by atoms with Gasteiger partial charge in [0, 0.05) is 33.2 Å². The van der Waals surface area contributed by atoms with Crippen LogP contribution in [-0.4, -0.2) is 50.6 Å². The Kier molecular flexibility index (Phi) is 4.98. The minimum Gasteiger partial charge on any atom is -0.376 e. The van der Waals surface area contributed by atoms with E-state index >= 15 is 0 Å². The van der Waals surface area contributed by atoms with Gasteiger partial charge >= 0.3 is 0 Å². The Morgan fingerprint density at radius 3 is 2.65 bits per heavy atom. The smallest absolute Gasteiger partial charge is 0.238 e. The Morgan fingerprint density at radius 1 is 1.35 bits per heavy atom. The first-order valence-electron chi connectivity index (χ1n) is 7.10. The van der Waals surface area contributed by atoms with Gasteiger partial charge in [0.1, 0.15) is 0 Å². The van der Waals surface area contributed by atoms with Crippen LogP contribution in [-0.2, 0) is 4.79 Å². The monoisotopic (exact) mass is 276 g/mol. The third-order valence-electron chi connectivity index (χ3n) is 3.66. The number of nitrogens with one attached hydrogen (secondary N) is 1. The maximum absolute atomic E-state index is 12.1. The highest BCUT2D eigenvalue weighted by atomic mass is 16.2. The van der Waals surface area contributed by atoms with E-state index < -0.39 is 0 Å². The summed E-state index contributed by atoms with van der Waals surface area (Å²) in [4.78, 5) is 16.3. The molecule has 0 saturated carbocycles. The van der Waals surface area contributed by atoms with Gasteiger partial charge < -0.3 is 16.0 Å². The topological polar surface area (TPSA) is 61.6 Å². The van der Waals surface area contributed by atoms with Crippen molar-refractivity contribution in [1.82, 2.24) is 4.90 Å². The second kappa shape index (κ2) is 6.72. The minimum absolute atomic E-state index is 0.0368. The van der Waals surface area contributed by atoms with E-state index in [0.29, 0.717) is 12.6 Å². The molecule has 20 heavy (non-hydrogen) atoms. The molecule has 0 spiro atoms. The molecule has 0 atom stereocenters. The minimum atomic E-state index is 0.0368. The summed E-state index contributed by atoms with van der Waals surface area (Å²) < 4.78 is 0. The summed E-state index contributed by atoms with van der Waals surface area (Å²) in [7, 11) is 3.94. The van der Waals surface area contributed by atoms with E-state index in [1.165, 1.54) is 0 Å². The molecule has 0 aromatic heterocycles. The Balaban J connectivity index is 1.91. The molecule has 1 aromatic rings. The summed E-state index contributed by atoms with van der Waals surface area (Å²) in [5.41, 5.74) is 7.74. The van der Waals surface area contributed by atoms with Crippen molar-refractivity contribution in [2.45, 2.75) is 18.9 Å². The molecule has 5 heteroatoms. The number of nitrogens with zero attached hydrogens (tertiary/aromatic N) is 2. The second-order valence-corrected chi connectivity index (χ2v) is 5.57. The van der Waals surface area contributed by atoms with Crippen LogP contribution in [0.25, 0.3) is 0 Å². The molecular weight excluding hydrogens is 252 g/mol. The van der Waals surface area contributed by atoms with Gasteiger partial charge in [0.15, 0.2) is 0 Å². The maximum Gasteiger partial charge on any atom is 0.238 e. The van der Waals surface area contributed by atoms with Crippen LogP contribution < -0.4 is 16.0 Å². The molecule has 0 bridgehead atoms. The number of anilines is 2. The average molecular weight is 276 g/mol. The van der Waals surface area contributed by atoms with Gasteiger partial charge in [-0.05, 0) is 25.0 Å². The van der Waals surface area contributed by atoms with Gasteiger partial charge in [0.2, 0.25) is 5.91 Å². The summed E-state index contributed by atoms with van der Waals surface area (Å²) in [6, 6.07) is 8.12. The average Bonchev–Trinajstić information content (AvgIpc) is 2.41. The van der Waals surface area contributed by atoms with Crippen molar-refractivity contribution >= 4 is 17.3 Å². The number of benzene rings is 1. The molecule has 0 radical (unpaired) electrons. The van der Waals surface area contributed by atoms with Gasteiger partial charge in [-0.2, -0.15) is 0 Å². The molecule has 3 N–H and O–H groups in total. The predicted molar refractivity (Wildman–Crippen MR) is 83.0 cm³/mol. The number of piperidine rings is 1. The number of carbonyl (C=O) groups is 1. The Morgan fingerprint density at radius 2 is 2.00 bits per heavy atom. The summed E-state index contributed by atoms with van der Waals surface area (Å²) in [5, 5.41) is 3.00. The van der Waals surface area contributed by atoms with E-state index in [1.807, 2.05) is 43.3 Å².